The second-order valence-electron chi connectivity index (χ2n) is 2.92. The third kappa shape index (κ3) is 125. The summed E-state index contributed by atoms with van der Waals surface area (Å²) >= 11 is 0. The second kappa shape index (κ2) is 5.43. The molecule has 0 aliphatic heterocycles. The first kappa shape index (κ1) is 12.3. The molecule has 62 valence electrons. The third-order valence-electron chi connectivity index (χ3n) is 0.302. The highest BCUT2D eigenvalue weighted by atomic mass is 28.4. The van der Waals surface area contributed by atoms with E-state index in [1.165, 1.54) is 0 Å². The van der Waals surface area contributed by atoms with Gasteiger partial charge in [-0.05, 0) is 19.6 Å². The Morgan fingerprint density at radius 1 is 1.40 bits per heavy atom. The van der Waals surface area contributed by atoms with Crippen LogP contribution in [0.1, 0.15) is 13.3 Å². The maximum Gasteiger partial charge on any atom is 0.303 e. The van der Waals surface area contributed by atoms with E-state index in [2.05, 4.69) is 0 Å². The Labute approximate surface area is 62.8 Å². The predicted octanol–water partition coefficient (Wildman–Crippen LogP) is 1.29. The summed E-state index contributed by atoms with van der Waals surface area (Å²) in [6.07, 6.45) is 0.222. The molecule has 0 amide bonds. The van der Waals surface area contributed by atoms with Crippen LogP contribution in [-0.4, -0.2) is 24.2 Å². The average molecular weight is 164 g/mol. The van der Waals surface area contributed by atoms with E-state index in [0.717, 1.165) is 0 Å². The largest absolute Gasteiger partial charge is 0.481 e. The van der Waals surface area contributed by atoms with Gasteiger partial charge in [0.05, 0.1) is 0 Å². The molecule has 0 bridgehead atoms. The lowest BCUT2D eigenvalue weighted by Gasteiger charge is -2.00. The molecule has 10 heavy (non-hydrogen) atoms. The molecule has 0 saturated carbocycles. The van der Waals surface area contributed by atoms with Crippen LogP contribution in [0.5, 0.6) is 0 Å². The van der Waals surface area contributed by atoms with E-state index in [9.17, 15) is 4.79 Å². The van der Waals surface area contributed by atoms with Crippen molar-refractivity contribution in [2.45, 2.75) is 33.0 Å². The van der Waals surface area contributed by atoms with Gasteiger partial charge in [0.2, 0.25) is 0 Å². The van der Waals surface area contributed by atoms with Crippen molar-refractivity contribution in [2.75, 3.05) is 0 Å². The molecular weight excluding hydrogens is 148 g/mol. The van der Waals surface area contributed by atoms with Crippen LogP contribution in [0.3, 0.4) is 0 Å². The van der Waals surface area contributed by atoms with Crippen molar-refractivity contribution in [1.29, 1.82) is 0 Å². The van der Waals surface area contributed by atoms with Crippen LogP contribution in [0.4, 0.5) is 0 Å². The number of hydrogen-bond donors (Lipinski definition) is 2. The van der Waals surface area contributed by atoms with E-state index in [-0.39, 0.29) is 6.42 Å². The van der Waals surface area contributed by atoms with Gasteiger partial charge in [0, 0.05) is 6.42 Å². The van der Waals surface area contributed by atoms with Crippen molar-refractivity contribution in [3.05, 3.63) is 0 Å². The summed E-state index contributed by atoms with van der Waals surface area (Å²) < 4.78 is 0. The lowest BCUT2D eigenvalue weighted by atomic mass is 10.5. The van der Waals surface area contributed by atoms with Gasteiger partial charge in [0.15, 0.2) is 8.32 Å². The fraction of sp³-hybridized carbons (Fsp3) is 0.833. The lowest BCUT2D eigenvalue weighted by molar-refractivity contribution is -0.136. The summed E-state index contributed by atoms with van der Waals surface area (Å²) in [5.74, 6) is -0.745. The molecule has 0 rings (SSSR count). The normalized spacial score (nSPS) is 9.70. The number of rotatable bonds is 1. The molecule has 3 nitrogen and oxygen atoms in total. The van der Waals surface area contributed by atoms with Gasteiger partial charge in [-0.3, -0.25) is 4.79 Å². The van der Waals surface area contributed by atoms with Crippen LogP contribution in [0.15, 0.2) is 0 Å². The van der Waals surface area contributed by atoms with Gasteiger partial charge < -0.3 is 9.90 Å². The van der Waals surface area contributed by atoms with E-state index in [0.29, 0.717) is 0 Å². The monoisotopic (exact) mass is 164 g/mol. The summed E-state index contributed by atoms with van der Waals surface area (Å²) in [6.45, 7) is 7.25. The van der Waals surface area contributed by atoms with E-state index >= 15 is 0 Å². The molecule has 0 radical (unpaired) electrons. The molecule has 0 spiro atoms. The molecule has 0 fully saturated rings. The van der Waals surface area contributed by atoms with Crippen molar-refractivity contribution in [3.63, 3.8) is 0 Å². The summed E-state index contributed by atoms with van der Waals surface area (Å²) in [4.78, 5) is 18.0. The zero-order valence-corrected chi connectivity index (χ0v) is 8.01. The Morgan fingerprint density at radius 2 is 1.50 bits per heavy atom. The Bertz CT molecular complexity index is 89.7. The summed E-state index contributed by atoms with van der Waals surface area (Å²) in [7, 11) is -1.61. The van der Waals surface area contributed by atoms with Crippen molar-refractivity contribution in [1.82, 2.24) is 0 Å². The molecule has 0 unspecified atom stereocenters. The number of carbonyl (C=O) groups is 1. The van der Waals surface area contributed by atoms with Crippen LogP contribution in [0.25, 0.3) is 0 Å². The van der Waals surface area contributed by atoms with Gasteiger partial charge in [-0.1, -0.05) is 6.92 Å². The molecule has 0 atom stereocenters. The minimum atomic E-state index is -1.61. The molecule has 0 saturated heterocycles. The van der Waals surface area contributed by atoms with Gasteiger partial charge in [-0.25, -0.2) is 0 Å². The molecule has 2 N–H and O–H groups in total. The maximum absolute atomic E-state index is 9.37. The third-order valence-corrected chi connectivity index (χ3v) is 0.302. The molecule has 0 aromatic carbocycles. The van der Waals surface area contributed by atoms with Crippen LogP contribution < -0.4 is 0 Å². The van der Waals surface area contributed by atoms with Crippen LogP contribution in [0.2, 0.25) is 19.6 Å². The molecule has 0 aliphatic rings. The van der Waals surface area contributed by atoms with Gasteiger partial charge >= 0.3 is 5.97 Å². The maximum atomic E-state index is 9.37. The highest BCUT2D eigenvalue weighted by Crippen LogP contribution is 1.88. The van der Waals surface area contributed by atoms with Gasteiger partial charge in [-0.15, -0.1) is 0 Å². The molecule has 0 aromatic rings. The first-order valence-electron chi connectivity index (χ1n) is 3.21. The Hall–Kier alpha value is -0.353. The quantitative estimate of drug-likeness (QED) is 0.574. The number of carboxylic acid groups (broad SMARTS) is 1. The standard InChI is InChI=1S/C3H6O2.C3H10OSi/c1-2-3(4)5;1-5(2,3)4/h2H2,1H3,(H,4,5);4H,1-3H3. The Balaban J connectivity index is 0. The topological polar surface area (TPSA) is 57.5 Å². The second-order valence-corrected chi connectivity index (χ2v) is 7.26. The fourth-order valence-electron chi connectivity index (χ4n) is 0. The average Bonchev–Trinajstić information content (AvgIpc) is 1.61. The number of carboxylic acids is 1. The van der Waals surface area contributed by atoms with Crippen molar-refractivity contribution < 1.29 is 14.7 Å². The van der Waals surface area contributed by atoms with Crippen molar-refractivity contribution >= 4 is 14.3 Å². The minimum absolute atomic E-state index is 0.222. The Morgan fingerprint density at radius 3 is 1.50 bits per heavy atom. The van der Waals surface area contributed by atoms with Gasteiger partial charge in [0.1, 0.15) is 0 Å². The summed E-state index contributed by atoms with van der Waals surface area (Å²) in [5.41, 5.74) is 0. The smallest absolute Gasteiger partial charge is 0.303 e. The zero-order chi connectivity index (χ0) is 8.78. The summed E-state index contributed by atoms with van der Waals surface area (Å²) in [5, 5.41) is 7.72. The Kier molecular flexibility index (Phi) is 6.70. The van der Waals surface area contributed by atoms with E-state index < -0.39 is 14.3 Å². The van der Waals surface area contributed by atoms with Gasteiger partial charge in [-0.2, -0.15) is 0 Å². The lowest BCUT2D eigenvalue weighted by Crippen LogP contribution is -2.17. The van der Waals surface area contributed by atoms with Crippen molar-refractivity contribution in [3.8, 4) is 0 Å². The first-order valence-corrected chi connectivity index (χ1v) is 6.66. The van der Waals surface area contributed by atoms with Crippen LogP contribution >= 0.6 is 0 Å². The fourth-order valence-corrected chi connectivity index (χ4v) is 0. The molecule has 0 aliphatic carbocycles. The van der Waals surface area contributed by atoms with E-state index in [1.807, 2.05) is 19.6 Å². The minimum Gasteiger partial charge on any atom is -0.481 e. The molecular formula is C6H16O3Si. The number of hydrogen-bond acceptors (Lipinski definition) is 2. The molecule has 4 heteroatoms. The van der Waals surface area contributed by atoms with E-state index in [4.69, 9.17) is 9.90 Å². The van der Waals surface area contributed by atoms with Gasteiger partial charge in [0.25, 0.3) is 0 Å². The van der Waals surface area contributed by atoms with E-state index in [1.54, 1.807) is 6.92 Å². The SMILES string of the molecule is CCC(=O)O.C[Si](C)(C)O. The highest BCUT2D eigenvalue weighted by Gasteiger charge is 2.03. The molecule has 0 heterocycles. The zero-order valence-electron chi connectivity index (χ0n) is 7.01. The first-order chi connectivity index (χ1) is 4.27. The molecule has 0 aromatic heterocycles. The number of aliphatic carboxylic acids is 1. The summed E-state index contributed by atoms with van der Waals surface area (Å²) in [6, 6.07) is 0. The van der Waals surface area contributed by atoms with Crippen LogP contribution in [-0.2, 0) is 4.79 Å². The highest BCUT2D eigenvalue weighted by molar-refractivity contribution is 6.68. The van der Waals surface area contributed by atoms with Crippen molar-refractivity contribution in [2.24, 2.45) is 0 Å². The van der Waals surface area contributed by atoms with Crippen LogP contribution in [0, 0.1) is 0 Å². The predicted molar refractivity (Wildman–Crippen MR) is 43.5 cm³/mol.